The Bertz CT molecular complexity index is 651. The summed E-state index contributed by atoms with van der Waals surface area (Å²) in [6.45, 7) is 8.47. The van der Waals surface area contributed by atoms with Crippen LogP contribution in [0.3, 0.4) is 0 Å². The van der Waals surface area contributed by atoms with Crippen molar-refractivity contribution in [1.82, 2.24) is 15.1 Å². The lowest BCUT2D eigenvalue weighted by atomic mass is 9.92. The summed E-state index contributed by atoms with van der Waals surface area (Å²) < 4.78 is 0. The van der Waals surface area contributed by atoms with E-state index in [1.807, 2.05) is 30.3 Å². The van der Waals surface area contributed by atoms with Crippen LogP contribution in [0.15, 0.2) is 30.3 Å². The molecule has 2 amide bonds. The molecule has 5 nitrogen and oxygen atoms in total. The Hall–Kier alpha value is -1.88. The monoisotopic (exact) mass is 399 g/mol. The van der Waals surface area contributed by atoms with Crippen molar-refractivity contribution in [3.63, 3.8) is 0 Å². The van der Waals surface area contributed by atoms with Gasteiger partial charge in [-0.1, -0.05) is 44.2 Å². The maximum absolute atomic E-state index is 12.7. The van der Waals surface area contributed by atoms with Crippen molar-refractivity contribution < 1.29 is 9.59 Å². The molecule has 1 aromatic rings. The van der Waals surface area contributed by atoms with Crippen molar-refractivity contribution in [3.8, 4) is 0 Å². The second-order valence-electron chi connectivity index (χ2n) is 8.61. The van der Waals surface area contributed by atoms with Gasteiger partial charge >= 0.3 is 0 Å². The molecule has 2 fully saturated rings. The van der Waals surface area contributed by atoms with Crippen LogP contribution in [0.2, 0.25) is 0 Å². The molecule has 2 saturated heterocycles. The maximum atomic E-state index is 12.7. The zero-order chi connectivity index (χ0) is 20.6. The van der Waals surface area contributed by atoms with Gasteiger partial charge in [-0.15, -0.1) is 0 Å². The summed E-state index contributed by atoms with van der Waals surface area (Å²) in [5.74, 6) is 0.779. The molecular weight excluding hydrogens is 362 g/mol. The number of hydrogen-bond acceptors (Lipinski definition) is 3. The normalized spacial score (nSPS) is 21.3. The molecule has 1 atom stereocenters. The third-order valence-electron chi connectivity index (χ3n) is 6.76. The van der Waals surface area contributed by atoms with Crippen LogP contribution >= 0.6 is 0 Å². The zero-order valence-corrected chi connectivity index (χ0v) is 18.1. The van der Waals surface area contributed by atoms with E-state index in [0.29, 0.717) is 18.5 Å². The molecule has 2 aliphatic heterocycles. The average molecular weight is 400 g/mol. The van der Waals surface area contributed by atoms with Gasteiger partial charge in [0.25, 0.3) is 0 Å². The van der Waals surface area contributed by atoms with Crippen molar-refractivity contribution in [3.05, 3.63) is 35.9 Å². The SMILES string of the molecule is CCC(CC)C(=O)N1CCC(N2CCC[C@H](C(=O)NCc3ccccc3)C2)CC1. The number of hydrogen-bond donors (Lipinski definition) is 1. The van der Waals surface area contributed by atoms with Crippen molar-refractivity contribution in [1.29, 1.82) is 0 Å². The van der Waals surface area contributed by atoms with E-state index in [0.717, 1.165) is 70.3 Å². The lowest BCUT2D eigenvalue weighted by molar-refractivity contribution is -0.137. The maximum Gasteiger partial charge on any atom is 0.225 e. The van der Waals surface area contributed by atoms with E-state index in [1.54, 1.807) is 0 Å². The van der Waals surface area contributed by atoms with Gasteiger partial charge in [-0.05, 0) is 50.6 Å². The summed E-state index contributed by atoms with van der Waals surface area (Å²) in [5.41, 5.74) is 1.14. The number of likely N-dealkylation sites (tertiary alicyclic amines) is 2. The number of amides is 2. The fraction of sp³-hybridized carbons (Fsp3) is 0.667. The summed E-state index contributed by atoms with van der Waals surface area (Å²) in [7, 11) is 0. The average Bonchev–Trinajstić information content (AvgIpc) is 2.79. The van der Waals surface area contributed by atoms with Gasteiger partial charge in [-0.25, -0.2) is 0 Å². The highest BCUT2D eigenvalue weighted by Crippen LogP contribution is 2.25. The Morgan fingerprint density at radius 2 is 1.72 bits per heavy atom. The Balaban J connectivity index is 1.46. The number of nitrogens with one attached hydrogen (secondary N) is 1. The van der Waals surface area contributed by atoms with Crippen LogP contribution in [0, 0.1) is 11.8 Å². The number of benzene rings is 1. The molecule has 5 heteroatoms. The first-order chi connectivity index (χ1) is 14.1. The number of carbonyl (C=O) groups is 2. The summed E-state index contributed by atoms with van der Waals surface area (Å²) in [6, 6.07) is 10.6. The molecule has 0 bridgehead atoms. The largest absolute Gasteiger partial charge is 0.352 e. The molecular formula is C24H37N3O2. The molecule has 0 aromatic heterocycles. The quantitative estimate of drug-likeness (QED) is 0.764. The van der Waals surface area contributed by atoms with E-state index >= 15 is 0 Å². The molecule has 1 aromatic carbocycles. The summed E-state index contributed by atoms with van der Waals surface area (Å²) in [5, 5.41) is 3.12. The van der Waals surface area contributed by atoms with Crippen LogP contribution in [-0.2, 0) is 16.1 Å². The van der Waals surface area contributed by atoms with E-state index in [1.165, 1.54) is 0 Å². The molecule has 0 saturated carbocycles. The van der Waals surface area contributed by atoms with Gasteiger partial charge in [0.1, 0.15) is 0 Å². The molecule has 1 N–H and O–H groups in total. The van der Waals surface area contributed by atoms with Crippen LogP contribution in [0.25, 0.3) is 0 Å². The van der Waals surface area contributed by atoms with Gasteiger partial charge in [0, 0.05) is 38.1 Å². The Morgan fingerprint density at radius 1 is 1.03 bits per heavy atom. The van der Waals surface area contributed by atoms with Gasteiger partial charge in [0.15, 0.2) is 0 Å². The fourth-order valence-corrected chi connectivity index (χ4v) is 4.83. The second-order valence-corrected chi connectivity index (χ2v) is 8.61. The molecule has 3 rings (SSSR count). The molecule has 160 valence electrons. The van der Waals surface area contributed by atoms with Gasteiger partial charge < -0.3 is 10.2 Å². The first kappa shape index (κ1) is 21.8. The predicted molar refractivity (Wildman–Crippen MR) is 116 cm³/mol. The lowest BCUT2D eigenvalue weighted by Crippen LogP contribution is -2.52. The van der Waals surface area contributed by atoms with Crippen LogP contribution in [-0.4, -0.2) is 53.8 Å². The van der Waals surface area contributed by atoms with E-state index < -0.39 is 0 Å². The topological polar surface area (TPSA) is 52.7 Å². The number of nitrogens with zero attached hydrogens (tertiary/aromatic N) is 2. The lowest BCUT2D eigenvalue weighted by Gasteiger charge is -2.42. The van der Waals surface area contributed by atoms with E-state index in [-0.39, 0.29) is 17.7 Å². The van der Waals surface area contributed by atoms with Gasteiger partial charge in [-0.2, -0.15) is 0 Å². The van der Waals surface area contributed by atoms with Crippen molar-refractivity contribution in [2.45, 2.75) is 65.0 Å². The van der Waals surface area contributed by atoms with Crippen LogP contribution in [0.1, 0.15) is 57.9 Å². The van der Waals surface area contributed by atoms with E-state index in [9.17, 15) is 9.59 Å². The second kappa shape index (κ2) is 10.8. The van der Waals surface area contributed by atoms with Crippen LogP contribution in [0.4, 0.5) is 0 Å². The van der Waals surface area contributed by atoms with Gasteiger partial charge in [0.2, 0.25) is 11.8 Å². The minimum absolute atomic E-state index is 0.0803. The predicted octanol–water partition coefficient (Wildman–Crippen LogP) is 3.44. The molecule has 2 heterocycles. The third-order valence-corrected chi connectivity index (χ3v) is 6.76. The smallest absolute Gasteiger partial charge is 0.225 e. The summed E-state index contributed by atoms with van der Waals surface area (Å²) in [4.78, 5) is 29.9. The summed E-state index contributed by atoms with van der Waals surface area (Å²) in [6.07, 6.45) is 5.98. The van der Waals surface area contributed by atoms with Gasteiger partial charge in [-0.3, -0.25) is 14.5 Å². The highest BCUT2D eigenvalue weighted by molar-refractivity contribution is 5.79. The van der Waals surface area contributed by atoms with Crippen molar-refractivity contribution in [2.75, 3.05) is 26.2 Å². The van der Waals surface area contributed by atoms with Crippen molar-refractivity contribution in [2.24, 2.45) is 11.8 Å². The molecule has 2 aliphatic rings. The minimum atomic E-state index is 0.0803. The van der Waals surface area contributed by atoms with E-state index in [2.05, 4.69) is 29.0 Å². The highest BCUT2D eigenvalue weighted by atomic mass is 16.2. The fourth-order valence-electron chi connectivity index (χ4n) is 4.83. The van der Waals surface area contributed by atoms with Crippen LogP contribution in [0.5, 0.6) is 0 Å². The first-order valence-electron chi connectivity index (χ1n) is 11.5. The molecule has 29 heavy (non-hydrogen) atoms. The summed E-state index contributed by atoms with van der Waals surface area (Å²) >= 11 is 0. The van der Waals surface area contributed by atoms with Crippen molar-refractivity contribution >= 4 is 11.8 Å². The van der Waals surface area contributed by atoms with Crippen LogP contribution < -0.4 is 5.32 Å². The molecule has 0 spiro atoms. The first-order valence-corrected chi connectivity index (χ1v) is 11.5. The standard InChI is InChI=1S/C24H37N3O2/c1-3-20(4-2)24(29)26-15-12-22(13-16-26)27-14-8-11-21(18-27)23(28)25-17-19-9-6-5-7-10-19/h5-7,9-10,20-22H,3-4,8,11-18H2,1-2H3,(H,25,28)/t21-/m0/s1. The zero-order valence-electron chi connectivity index (χ0n) is 18.1. The Labute approximate surface area is 175 Å². The molecule has 0 radical (unpaired) electrons. The molecule has 0 unspecified atom stereocenters. The third kappa shape index (κ3) is 5.81. The van der Waals surface area contributed by atoms with Gasteiger partial charge in [0.05, 0.1) is 5.92 Å². The number of rotatable bonds is 7. The Morgan fingerprint density at radius 3 is 2.38 bits per heavy atom. The van der Waals surface area contributed by atoms with E-state index in [4.69, 9.17) is 0 Å². The number of carbonyl (C=O) groups excluding carboxylic acids is 2. The number of piperidine rings is 2. The molecule has 0 aliphatic carbocycles. The minimum Gasteiger partial charge on any atom is -0.352 e. The Kier molecular flexibility index (Phi) is 8.10. The highest BCUT2D eigenvalue weighted by Gasteiger charge is 2.33.